The van der Waals surface area contributed by atoms with Crippen LogP contribution in [0, 0.1) is 5.92 Å². The van der Waals surface area contributed by atoms with E-state index in [1.165, 1.54) is 19.3 Å². The average molecular weight is 330 g/mol. The molecule has 0 heterocycles. The maximum atomic E-state index is 11.6. The molecule has 1 unspecified atom stereocenters. The largest absolute Gasteiger partial charge is 0.466 e. The highest BCUT2D eigenvalue weighted by Gasteiger charge is 2.09. The van der Waals surface area contributed by atoms with E-state index < -0.39 is 0 Å². The van der Waals surface area contributed by atoms with E-state index in [1.807, 2.05) is 6.92 Å². The van der Waals surface area contributed by atoms with Gasteiger partial charge in [-0.05, 0) is 25.2 Å². The third-order valence-corrected chi connectivity index (χ3v) is 3.62. The molecule has 0 aliphatic rings. The smallest absolute Gasteiger partial charge is 0.305 e. The Hall–Kier alpha value is -1.10. The van der Waals surface area contributed by atoms with Gasteiger partial charge < -0.3 is 14.2 Å². The Kier molecular flexibility index (Phi) is 15.0. The first-order chi connectivity index (χ1) is 11.1. The van der Waals surface area contributed by atoms with Crippen LogP contribution in [0.25, 0.3) is 0 Å². The van der Waals surface area contributed by atoms with Crippen molar-refractivity contribution in [2.45, 2.75) is 71.6 Å². The molecule has 5 heteroatoms. The normalized spacial score (nSPS) is 12.0. The zero-order valence-electron chi connectivity index (χ0n) is 15.1. The number of carbonyl (C=O) groups is 2. The summed E-state index contributed by atoms with van der Waals surface area (Å²) in [4.78, 5) is 23.1. The van der Waals surface area contributed by atoms with Crippen LogP contribution < -0.4 is 0 Å². The first-order valence-electron chi connectivity index (χ1n) is 8.90. The topological polar surface area (TPSA) is 61.8 Å². The Balaban J connectivity index is 3.47. The van der Waals surface area contributed by atoms with E-state index in [1.54, 1.807) is 7.11 Å². The Morgan fingerprint density at radius 1 is 0.870 bits per heavy atom. The van der Waals surface area contributed by atoms with Gasteiger partial charge in [-0.25, -0.2) is 0 Å². The summed E-state index contributed by atoms with van der Waals surface area (Å²) in [6.45, 7) is 5.76. The fourth-order valence-electron chi connectivity index (χ4n) is 2.05. The van der Waals surface area contributed by atoms with Crippen LogP contribution in [0.2, 0.25) is 0 Å². The van der Waals surface area contributed by atoms with Crippen molar-refractivity contribution in [3.8, 4) is 0 Å². The molecule has 0 aromatic rings. The predicted molar refractivity (Wildman–Crippen MR) is 90.2 cm³/mol. The van der Waals surface area contributed by atoms with Crippen LogP contribution in [-0.4, -0.2) is 38.9 Å². The number of ether oxygens (including phenoxy) is 3. The summed E-state index contributed by atoms with van der Waals surface area (Å²) in [5.41, 5.74) is 0. The first kappa shape index (κ1) is 21.9. The van der Waals surface area contributed by atoms with Gasteiger partial charge in [0.05, 0.1) is 13.2 Å². The van der Waals surface area contributed by atoms with Gasteiger partial charge in [0.25, 0.3) is 0 Å². The first-order valence-corrected chi connectivity index (χ1v) is 8.90. The van der Waals surface area contributed by atoms with Gasteiger partial charge in [-0.2, -0.15) is 0 Å². The number of methoxy groups -OCH3 is 1. The van der Waals surface area contributed by atoms with Crippen LogP contribution in [0.3, 0.4) is 0 Å². The zero-order chi connectivity index (χ0) is 17.3. The fraction of sp³-hybridized carbons (Fsp3) is 0.889. The standard InChI is InChI=1S/C18H34O5/c1-4-5-6-7-8-13-22-17(19)10-9-11-18(20)23-15-16(2)12-14-21-3/h16H,4-15H2,1-3H3. The molecule has 1 atom stereocenters. The second kappa shape index (κ2) is 15.8. The number of unbranched alkanes of at least 4 members (excludes halogenated alkanes) is 4. The van der Waals surface area contributed by atoms with Crippen LogP contribution in [-0.2, 0) is 23.8 Å². The van der Waals surface area contributed by atoms with Crippen molar-refractivity contribution in [2.24, 2.45) is 5.92 Å². The molecule has 0 bridgehead atoms. The van der Waals surface area contributed by atoms with Gasteiger partial charge in [0.1, 0.15) is 0 Å². The highest BCUT2D eigenvalue weighted by molar-refractivity contribution is 5.72. The van der Waals surface area contributed by atoms with Crippen molar-refractivity contribution in [3.63, 3.8) is 0 Å². The van der Waals surface area contributed by atoms with E-state index in [0.29, 0.717) is 26.2 Å². The monoisotopic (exact) mass is 330 g/mol. The second-order valence-electron chi connectivity index (χ2n) is 6.06. The van der Waals surface area contributed by atoms with Crippen molar-refractivity contribution in [1.82, 2.24) is 0 Å². The van der Waals surface area contributed by atoms with Gasteiger partial charge in [-0.3, -0.25) is 9.59 Å². The average Bonchev–Trinajstić information content (AvgIpc) is 2.54. The lowest BCUT2D eigenvalue weighted by atomic mass is 10.1. The number of carbonyl (C=O) groups excluding carboxylic acids is 2. The van der Waals surface area contributed by atoms with Crippen molar-refractivity contribution >= 4 is 11.9 Å². The lowest BCUT2D eigenvalue weighted by Crippen LogP contribution is -2.14. The third kappa shape index (κ3) is 15.6. The Morgan fingerprint density at radius 3 is 2.17 bits per heavy atom. The minimum Gasteiger partial charge on any atom is -0.466 e. The molecule has 136 valence electrons. The van der Waals surface area contributed by atoms with Gasteiger partial charge in [-0.15, -0.1) is 0 Å². The van der Waals surface area contributed by atoms with Crippen molar-refractivity contribution in [3.05, 3.63) is 0 Å². The molecule has 0 fully saturated rings. The van der Waals surface area contributed by atoms with Crippen LogP contribution in [0.15, 0.2) is 0 Å². The van der Waals surface area contributed by atoms with E-state index in [9.17, 15) is 9.59 Å². The summed E-state index contributed by atoms with van der Waals surface area (Å²) < 4.78 is 15.3. The van der Waals surface area contributed by atoms with E-state index in [2.05, 4.69) is 6.92 Å². The molecule has 0 aliphatic heterocycles. The van der Waals surface area contributed by atoms with Crippen molar-refractivity contribution < 1.29 is 23.8 Å². The predicted octanol–water partition coefficient (Wildman–Crippen LogP) is 3.89. The van der Waals surface area contributed by atoms with E-state index >= 15 is 0 Å². The SMILES string of the molecule is CCCCCCCOC(=O)CCCC(=O)OCC(C)CCOC. The Morgan fingerprint density at radius 2 is 1.52 bits per heavy atom. The van der Waals surface area contributed by atoms with E-state index in [-0.39, 0.29) is 30.7 Å². The zero-order valence-corrected chi connectivity index (χ0v) is 15.1. The molecule has 0 aromatic carbocycles. The molecule has 0 rings (SSSR count). The Labute approximate surface area is 141 Å². The number of rotatable bonds is 15. The molecule has 0 amide bonds. The third-order valence-electron chi connectivity index (χ3n) is 3.62. The lowest BCUT2D eigenvalue weighted by Gasteiger charge is -2.11. The van der Waals surface area contributed by atoms with Gasteiger partial charge >= 0.3 is 11.9 Å². The summed E-state index contributed by atoms with van der Waals surface area (Å²) in [6, 6.07) is 0. The molecule has 0 N–H and O–H groups in total. The number of esters is 2. The quantitative estimate of drug-likeness (QED) is 0.337. The van der Waals surface area contributed by atoms with Gasteiger partial charge in [-0.1, -0.05) is 39.5 Å². The molecule has 0 aliphatic carbocycles. The van der Waals surface area contributed by atoms with Crippen LogP contribution in [0.4, 0.5) is 0 Å². The molecule has 23 heavy (non-hydrogen) atoms. The van der Waals surface area contributed by atoms with Crippen LogP contribution >= 0.6 is 0 Å². The highest BCUT2D eigenvalue weighted by atomic mass is 16.5. The lowest BCUT2D eigenvalue weighted by molar-refractivity contribution is -0.146. The van der Waals surface area contributed by atoms with Gasteiger partial charge in [0, 0.05) is 26.6 Å². The summed E-state index contributed by atoms with van der Waals surface area (Å²) in [5, 5.41) is 0. The molecular weight excluding hydrogens is 296 g/mol. The second-order valence-corrected chi connectivity index (χ2v) is 6.06. The van der Waals surface area contributed by atoms with Crippen LogP contribution in [0.1, 0.15) is 71.6 Å². The molecule has 0 spiro atoms. The van der Waals surface area contributed by atoms with Crippen LogP contribution in [0.5, 0.6) is 0 Å². The molecule has 0 saturated carbocycles. The molecule has 0 aromatic heterocycles. The number of hydrogen-bond donors (Lipinski definition) is 0. The van der Waals surface area contributed by atoms with Gasteiger partial charge in [0.15, 0.2) is 0 Å². The molecular formula is C18H34O5. The maximum Gasteiger partial charge on any atom is 0.305 e. The molecule has 0 radical (unpaired) electrons. The van der Waals surface area contributed by atoms with Gasteiger partial charge in [0.2, 0.25) is 0 Å². The van der Waals surface area contributed by atoms with Crippen molar-refractivity contribution in [1.29, 1.82) is 0 Å². The van der Waals surface area contributed by atoms with E-state index in [0.717, 1.165) is 19.3 Å². The van der Waals surface area contributed by atoms with Crippen molar-refractivity contribution in [2.75, 3.05) is 26.9 Å². The Bertz CT molecular complexity index is 304. The summed E-state index contributed by atoms with van der Waals surface area (Å²) in [5.74, 6) is -0.181. The van der Waals surface area contributed by atoms with E-state index in [4.69, 9.17) is 14.2 Å². The molecule has 0 saturated heterocycles. The number of hydrogen-bond acceptors (Lipinski definition) is 5. The fourth-order valence-corrected chi connectivity index (χ4v) is 2.05. The maximum absolute atomic E-state index is 11.6. The summed E-state index contributed by atoms with van der Waals surface area (Å²) in [7, 11) is 1.66. The summed E-state index contributed by atoms with van der Waals surface area (Å²) in [6.07, 6.45) is 7.58. The minimum atomic E-state index is -0.248. The minimum absolute atomic E-state index is 0.221. The highest BCUT2D eigenvalue weighted by Crippen LogP contribution is 2.06. The summed E-state index contributed by atoms with van der Waals surface area (Å²) >= 11 is 0. The molecule has 5 nitrogen and oxygen atoms in total.